The molecule has 0 aliphatic rings. The van der Waals surface area contributed by atoms with E-state index in [9.17, 15) is 0 Å². The van der Waals surface area contributed by atoms with Crippen LogP contribution in [0, 0.1) is 0 Å². The van der Waals surface area contributed by atoms with Crippen molar-refractivity contribution in [2.45, 2.75) is 0 Å². The molecule has 0 fully saturated rings. The summed E-state index contributed by atoms with van der Waals surface area (Å²) in [6.45, 7) is 0. The molecule has 2 nitrogen and oxygen atoms in total. The van der Waals surface area contributed by atoms with Crippen LogP contribution >= 0.6 is 0 Å². The molecule has 0 spiro atoms. The SMILES string of the molecule is c1ccc(-c2ccc(-n3c4ccccc4c4cc5c6ccccc6n(-c6cccc7ccccc67)c5cc43)cc2)cc1. The van der Waals surface area contributed by atoms with E-state index in [0.717, 1.165) is 5.69 Å². The molecule has 0 atom stereocenters. The number of rotatable bonds is 3. The second-order valence-corrected chi connectivity index (χ2v) is 11.0. The van der Waals surface area contributed by atoms with Gasteiger partial charge in [0.05, 0.1) is 27.8 Å². The molecule has 0 bridgehead atoms. The number of nitrogens with zero attached hydrogens (tertiary/aromatic N) is 2. The number of hydrogen-bond donors (Lipinski definition) is 0. The highest BCUT2D eigenvalue weighted by Crippen LogP contribution is 2.40. The van der Waals surface area contributed by atoms with Gasteiger partial charge in [0.2, 0.25) is 0 Å². The van der Waals surface area contributed by atoms with Crippen LogP contribution in [0.15, 0.2) is 158 Å². The summed E-state index contributed by atoms with van der Waals surface area (Å²) in [6.07, 6.45) is 0. The van der Waals surface area contributed by atoms with Crippen molar-refractivity contribution in [3.8, 4) is 22.5 Å². The van der Waals surface area contributed by atoms with Crippen molar-refractivity contribution in [3.05, 3.63) is 158 Å². The summed E-state index contributed by atoms with van der Waals surface area (Å²) in [5.41, 5.74) is 9.67. The van der Waals surface area contributed by atoms with E-state index < -0.39 is 0 Å². The van der Waals surface area contributed by atoms with Crippen LogP contribution in [0.4, 0.5) is 0 Å². The second kappa shape index (κ2) is 8.95. The van der Waals surface area contributed by atoms with Gasteiger partial charge >= 0.3 is 0 Å². The normalized spacial score (nSPS) is 11.8. The molecule has 0 unspecified atom stereocenters. The first-order valence-corrected chi connectivity index (χ1v) is 14.5. The first-order valence-electron chi connectivity index (χ1n) is 14.5. The van der Waals surface area contributed by atoms with Gasteiger partial charge in [0.1, 0.15) is 0 Å². The summed E-state index contributed by atoms with van der Waals surface area (Å²) < 4.78 is 4.87. The van der Waals surface area contributed by atoms with Gasteiger partial charge in [-0.2, -0.15) is 0 Å². The lowest BCUT2D eigenvalue weighted by molar-refractivity contribution is 1.17. The summed E-state index contributed by atoms with van der Waals surface area (Å²) in [7, 11) is 0. The molecule has 0 aliphatic carbocycles. The largest absolute Gasteiger partial charge is 0.309 e. The number of benzene rings is 7. The van der Waals surface area contributed by atoms with E-state index in [1.54, 1.807) is 0 Å². The molecule has 0 saturated carbocycles. The van der Waals surface area contributed by atoms with Crippen LogP contribution in [0.2, 0.25) is 0 Å². The van der Waals surface area contributed by atoms with Crippen molar-refractivity contribution in [3.63, 3.8) is 0 Å². The Morgan fingerprint density at radius 2 is 0.857 bits per heavy atom. The van der Waals surface area contributed by atoms with Crippen molar-refractivity contribution in [1.29, 1.82) is 0 Å². The van der Waals surface area contributed by atoms with Crippen molar-refractivity contribution in [2.24, 2.45) is 0 Å². The van der Waals surface area contributed by atoms with Gasteiger partial charge in [0.15, 0.2) is 0 Å². The maximum absolute atomic E-state index is 2.45. The molecule has 2 aromatic heterocycles. The fraction of sp³-hybridized carbons (Fsp3) is 0. The lowest BCUT2D eigenvalue weighted by atomic mass is 10.1. The highest BCUT2D eigenvalue weighted by molar-refractivity contribution is 6.19. The summed E-state index contributed by atoms with van der Waals surface area (Å²) in [4.78, 5) is 0. The molecule has 0 amide bonds. The Bertz CT molecular complexity index is 2440. The minimum Gasteiger partial charge on any atom is -0.309 e. The van der Waals surface area contributed by atoms with E-state index in [-0.39, 0.29) is 0 Å². The highest BCUT2D eigenvalue weighted by atomic mass is 15.0. The first kappa shape index (κ1) is 23.1. The maximum Gasteiger partial charge on any atom is 0.0562 e. The van der Waals surface area contributed by atoms with Gasteiger partial charge in [-0.25, -0.2) is 0 Å². The van der Waals surface area contributed by atoms with Crippen LogP contribution < -0.4 is 0 Å². The fourth-order valence-electron chi connectivity index (χ4n) is 6.81. The molecule has 42 heavy (non-hydrogen) atoms. The van der Waals surface area contributed by atoms with Crippen LogP contribution in [-0.2, 0) is 0 Å². The molecule has 2 heterocycles. The number of hydrogen-bond acceptors (Lipinski definition) is 0. The van der Waals surface area contributed by atoms with Crippen LogP contribution in [0.5, 0.6) is 0 Å². The standard InChI is InChI=1S/C40H26N2/c1-2-11-27(12-3-1)28-21-23-30(24-22-28)41-37-18-8-6-16-32(37)34-25-35-33-17-7-9-19-38(33)42(40(35)26-39(34)41)36-20-10-14-29-13-4-5-15-31(29)36/h1-26H. The van der Waals surface area contributed by atoms with E-state index in [1.165, 1.54) is 71.2 Å². The van der Waals surface area contributed by atoms with E-state index in [0.29, 0.717) is 0 Å². The molecule has 196 valence electrons. The van der Waals surface area contributed by atoms with Crippen LogP contribution in [-0.4, -0.2) is 9.13 Å². The molecular weight excluding hydrogens is 508 g/mol. The van der Waals surface area contributed by atoms with Crippen LogP contribution in [0.3, 0.4) is 0 Å². The third kappa shape index (κ3) is 3.33. The summed E-state index contributed by atoms with van der Waals surface area (Å²) in [5.74, 6) is 0. The topological polar surface area (TPSA) is 9.86 Å². The van der Waals surface area contributed by atoms with Crippen molar-refractivity contribution < 1.29 is 0 Å². The van der Waals surface area contributed by atoms with Crippen LogP contribution in [0.25, 0.3) is 76.9 Å². The summed E-state index contributed by atoms with van der Waals surface area (Å²) >= 11 is 0. The third-order valence-electron chi connectivity index (χ3n) is 8.71. The average Bonchev–Trinajstić information content (AvgIpc) is 3.56. The maximum atomic E-state index is 2.45. The Balaban J connectivity index is 1.38. The quantitative estimate of drug-likeness (QED) is 0.213. The monoisotopic (exact) mass is 534 g/mol. The molecule has 9 aromatic rings. The molecule has 9 rings (SSSR count). The molecule has 0 N–H and O–H groups in total. The zero-order valence-corrected chi connectivity index (χ0v) is 22.9. The molecule has 7 aromatic carbocycles. The Morgan fingerprint density at radius 3 is 1.60 bits per heavy atom. The van der Waals surface area contributed by atoms with Gasteiger partial charge in [0.25, 0.3) is 0 Å². The molecule has 0 radical (unpaired) electrons. The lowest BCUT2D eigenvalue weighted by Gasteiger charge is -2.12. The molecule has 0 saturated heterocycles. The van der Waals surface area contributed by atoms with Crippen molar-refractivity contribution in [1.82, 2.24) is 9.13 Å². The molecule has 0 aliphatic heterocycles. The zero-order valence-electron chi connectivity index (χ0n) is 22.9. The number of aromatic nitrogens is 2. The Kier molecular flexibility index (Phi) is 4.93. The fourth-order valence-corrected chi connectivity index (χ4v) is 6.81. The number of fused-ring (bicyclic) bond motifs is 7. The van der Waals surface area contributed by atoms with E-state index in [2.05, 4.69) is 167 Å². The lowest BCUT2D eigenvalue weighted by Crippen LogP contribution is -1.96. The average molecular weight is 535 g/mol. The highest BCUT2D eigenvalue weighted by Gasteiger charge is 2.19. The van der Waals surface area contributed by atoms with Gasteiger partial charge in [0, 0.05) is 32.6 Å². The second-order valence-electron chi connectivity index (χ2n) is 11.0. The number of para-hydroxylation sites is 2. The summed E-state index contributed by atoms with van der Waals surface area (Å²) in [6, 6.07) is 57.2. The smallest absolute Gasteiger partial charge is 0.0562 e. The predicted octanol–water partition coefficient (Wildman–Crippen LogP) is 10.7. The molecule has 2 heteroatoms. The third-order valence-corrected chi connectivity index (χ3v) is 8.71. The predicted molar refractivity (Wildman–Crippen MR) is 178 cm³/mol. The Hall–Kier alpha value is -5.60. The van der Waals surface area contributed by atoms with E-state index >= 15 is 0 Å². The molecular formula is C40H26N2. The van der Waals surface area contributed by atoms with Gasteiger partial charge in [-0.15, -0.1) is 0 Å². The van der Waals surface area contributed by atoms with Crippen molar-refractivity contribution >= 4 is 54.4 Å². The van der Waals surface area contributed by atoms with Gasteiger partial charge in [-0.1, -0.05) is 115 Å². The van der Waals surface area contributed by atoms with Crippen molar-refractivity contribution in [2.75, 3.05) is 0 Å². The van der Waals surface area contributed by atoms with Gasteiger partial charge in [-0.3, -0.25) is 0 Å². The Morgan fingerprint density at radius 1 is 0.310 bits per heavy atom. The zero-order chi connectivity index (χ0) is 27.6. The van der Waals surface area contributed by atoms with E-state index in [1.807, 2.05) is 0 Å². The van der Waals surface area contributed by atoms with Crippen LogP contribution in [0.1, 0.15) is 0 Å². The Labute approximate surface area is 243 Å². The van der Waals surface area contributed by atoms with Gasteiger partial charge < -0.3 is 9.13 Å². The minimum atomic E-state index is 1.16. The van der Waals surface area contributed by atoms with E-state index in [4.69, 9.17) is 0 Å². The minimum absolute atomic E-state index is 1.16. The first-order chi connectivity index (χ1) is 20.8. The summed E-state index contributed by atoms with van der Waals surface area (Å²) in [5, 5.41) is 7.57. The van der Waals surface area contributed by atoms with Gasteiger partial charge in [-0.05, 0) is 59.0 Å².